The van der Waals surface area contributed by atoms with E-state index >= 15 is 0 Å². The van der Waals surface area contributed by atoms with Crippen molar-refractivity contribution in [2.24, 2.45) is 0 Å². The molecule has 0 saturated heterocycles. The number of benzene rings is 1. The van der Waals surface area contributed by atoms with Gasteiger partial charge in [0.1, 0.15) is 21.9 Å². The van der Waals surface area contributed by atoms with Crippen molar-refractivity contribution in [3.8, 4) is 11.5 Å². The highest BCUT2D eigenvalue weighted by Gasteiger charge is 2.16. The first-order chi connectivity index (χ1) is 12.9. The van der Waals surface area contributed by atoms with Gasteiger partial charge in [-0.25, -0.2) is 13.2 Å². The van der Waals surface area contributed by atoms with Gasteiger partial charge in [0.05, 0.1) is 18.5 Å². The van der Waals surface area contributed by atoms with Crippen molar-refractivity contribution in [3.05, 3.63) is 42.7 Å². The van der Waals surface area contributed by atoms with E-state index in [2.05, 4.69) is 31.0 Å². The number of carbonyl (C=O) groups is 1. The number of hydrogen-bond acceptors (Lipinski definition) is 6. The largest absolute Gasteiger partial charge is 0.493 e. The summed E-state index contributed by atoms with van der Waals surface area (Å²) < 4.78 is 38.2. The molecule has 2 rings (SSSR count). The summed E-state index contributed by atoms with van der Waals surface area (Å²) >= 11 is 3.10. The first-order valence-electron chi connectivity index (χ1n) is 7.77. The Bertz CT molecular complexity index is 878. The third kappa shape index (κ3) is 6.94. The Labute approximate surface area is 164 Å². The fourth-order valence-corrected chi connectivity index (χ4v) is 3.30. The number of aromatic nitrogens is 1. The van der Waals surface area contributed by atoms with Crippen molar-refractivity contribution >= 4 is 37.7 Å². The number of nitrogens with zero attached hydrogens (tertiary/aromatic N) is 1. The molecule has 1 aromatic carbocycles. The van der Waals surface area contributed by atoms with Crippen LogP contribution in [0.4, 0.5) is 10.5 Å². The van der Waals surface area contributed by atoms with E-state index in [4.69, 9.17) is 14.6 Å². The van der Waals surface area contributed by atoms with Crippen molar-refractivity contribution in [1.29, 1.82) is 0 Å². The van der Waals surface area contributed by atoms with E-state index in [9.17, 15) is 13.2 Å². The molecule has 1 amide bonds. The number of sulfonamides is 1. The number of rotatable bonds is 10. The van der Waals surface area contributed by atoms with Crippen molar-refractivity contribution in [1.82, 2.24) is 10.3 Å². The Balaban J connectivity index is 2.00. The van der Waals surface area contributed by atoms with Gasteiger partial charge in [0.25, 0.3) is 10.0 Å². The van der Waals surface area contributed by atoms with Gasteiger partial charge in [-0.2, -0.15) is 0 Å². The second kappa shape index (κ2) is 9.97. The minimum absolute atomic E-state index is 0.0352. The Morgan fingerprint density at radius 2 is 2.00 bits per heavy atom. The molecular formula is C16H18BrN3O6S. The third-order valence-electron chi connectivity index (χ3n) is 3.17. The van der Waals surface area contributed by atoms with Crippen molar-refractivity contribution in [2.45, 2.75) is 11.3 Å². The Morgan fingerprint density at radius 3 is 2.74 bits per heavy atom. The van der Waals surface area contributed by atoms with E-state index in [1.807, 2.05) is 0 Å². The second-order valence-corrected chi connectivity index (χ2v) is 7.32. The monoisotopic (exact) mass is 459 g/mol. The standard InChI is InChI=1S/C16H18BrN3O6S/c17-11-26-14-8-15(10-18-9-14)27(23,24)20-12-3-1-4-13(7-12)25-6-2-5-19-16(21)22/h1,3-4,7-10,19-20H,2,5-6,11H2,(H,21,22). The van der Waals surface area contributed by atoms with Crippen LogP contribution in [0.15, 0.2) is 47.6 Å². The molecule has 0 aliphatic heterocycles. The summed E-state index contributed by atoms with van der Waals surface area (Å²) in [7, 11) is -3.85. The van der Waals surface area contributed by atoms with Crippen LogP contribution in [0.1, 0.15) is 6.42 Å². The van der Waals surface area contributed by atoms with Crippen LogP contribution in [-0.4, -0.2) is 43.3 Å². The molecule has 0 atom stereocenters. The highest BCUT2D eigenvalue weighted by molar-refractivity contribution is 9.09. The van der Waals surface area contributed by atoms with E-state index in [-0.39, 0.29) is 23.6 Å². The number of hydrogen-bond donors (Lipinski definition) is 3. The van der Waals surface area contributed by atoms with Crippen LogP contribution in [-0.2, 0) is 10.0 Å². The average molecular weight is 460 g/mol. The molecule has 0 aliphatic carbocycles. The SMILES string of the molecule is O=C(O)NCCCOc1cccc(NS(=O)(=O)c2cncc(OCBr)c2)c1. The number of alkyl halides is 1. The van der Waals surface area contributed by atoms with E-state index < -0.39 is 16.1 Å². The van der Waals surface area contributed by atoms with E-state index in [0.29, 0.717) is 23.6 Å². The van der Waals surface area contributed by atoms with Gasteiger partial charge < -0.3 is 19.9 Å². The second-order valence-electron chi connectivity index (χ2n) is 5.18. The summed E-state index contributed by atoms with van der Waals surface area (Å²) in [5.41, 5.74) is 0.537. The summed E-state index contributed by atoms with van der Waals surface area (Å²) in [6.45, 7) is 0.549. The Morgan fingerprint density at radius 1 is 1.19 bits per heavy atom. The highest BCUT2D eigenvalue weighted by Crippen LogP contribution is 2.22. The van der Waals surface area contributed by atoms with Crippen LogP contribution in [0.5, 0.6) is 11.5 Å². The molecule has 2 aromatic rings. The van der Waals surface area contributed by atoms with Crippen molar-refractivity contribution in [2.75, 3.05) is 23.4 Å². The van der Waals surface area contributed by atoms with Gasteiger partial charge in [-0.1, -0.05) is 6.07 Å². The average Bonchev–Trinajstić information content (AvgIpc) is 2.62. The van der Waals surface area contributed by atoms with Crippen LogP contribution in [0.2, 0.25) is 0 Å². The van der Waals surface area contributed by atoms with E-state index in [1.54, 1.807) is 18.2 Å². The minimum atomic E-state index is -3.85. The van der Waals surface area contributed by atoms with Gasteiger partial charge in [-0.05, 0) is 34.5 Å². The number of halogens is 1. The Hall–Kier alpha value is -2.53. The van der Waals surface area contributed by atoms with Crippen molar-refractivity contribution in [3.63, 3.8) is 0 Å². The molecule has 11 heteroatoms. The molecule has 1 heterocycles. The maximum absolute atomic E-state index is 12.5. The molecule has 9 nitrogen and oxygen atoms in total. The molecule has 1 aromatic heterocycles. The van der Waals surface area contributed by atoms with Crippen LogP contribution >= 0.6 is 15.9 Å². The molecule has 0 aliphatic rings. The lowest BCUT2D eigenvalue weighted by atomic mass is 10.3. The predicted octanol–water partition coefficient (Wildman–Crippen LogP) is 2.65. The smallest absolute Gasteiger partial charge is 0.404 e. The molecule has 146 valence electrons. The van der Waals surface area contributed by atoms with Crippen LogP contribution in [0.3, 0.4) is 0 Å². The lowest BCUT2D eigenvalue weighted by Gasteiger charge is -2.11. The van der Waals surface area contributed by atoms with Gasteiger partial charge in [-0.15, -0.1) is 0 Å². The lowest BCUT2D eigenvalue weighted by Crippen LogP contribution is -2.23. The summed E-state index contributed by atoms with van der Waals surface area (Å²) in [4.78, 5) is 14.2. The zero-order valence-electron chi connectivity index (χ0n) is 14.1. The van der Waals surface area contributed by atoms with E-state index in [0.717, 1.165) is 0 Å². The zero-order chi connectivity index (χ0) is 19.7. The first-order valence-corrected chi connectivity index (χ1v) is 10.4. The maximum Gasteiger partial charge on any atom is 0.404 e. The normalized spacial score (nSPS) is 10.9. The molecule has 0 bridgehead atoms. The molecule has 3 N–H and O–H groups in total. The molecule has 0 saturated carbocycles. The summed E-state index contributed by atoms with van der Waals surface area (Å²) in [6, 6.07) is 7.81. The van der Waals surface area contributed by atoms with Crippen LogP contribution < -0.4 is 19.5 Å². The number of nitrogens with one attached hydrogen (secondary N) is 2. The zero-order valence-corrected chi connectivity index (χ0v) is 16.5. The van der Waals surface area contributed by atoms with Crippen molar-refractivity contribution < 1.29 is 27.8 Å². The predicted molar refractivity (Wildman–Crippen MR) is 102 cm³/mol. The quantitative estimate of drug-likeness (QED) is 0.368. The molecule has 0 fully saturated rings. The summed E-state index contributed by atoms with van der Waals surface area (Å²) in [6.07, 6.45) is 2.02. The van der Waals surface area contributed by atoms with Gasteiger partial charge in [0.15, 0.2) is 0 Å². The fourth-order valence-electron chi connectivity index (χ4n) is 2.01. The fraction of sp³-hybridized carbons (Fsp3) is 0.250. The maximum atomic E-state index is 12.5. The minimum Gasteiger partial charge on any atom is -0.493 e. The summed E-state index contributed by atoms with van der Waals surface area (Å²) in [5.74, 6) is 0.779. The van der Waals surface area contributed by atoms with Gasteiger partial charge >= 0.3 is 6.09 Å². The number of carboxylic acid groups (broad SMARTS) is 1. The molecule has 0 unspecified atom stereocenters. The molecule has 27 heavy (non-hydrogen) atoms. The number of pyridine rings is 1. The van der Waals surface area contributed by atoms with Gasteiger partial charge in [0, 0.05) is 24.9 Å². The lowest BCUT2D eigenvalue weighted by molar-refractivity contribution is 0.193. The van der Waals surface area contributed by atoms with Crippen LogP contribution in [0.25, 0.3) is 0 Å². The number of ether oxygens (including phenoxy) is 2. The third-order valence-corrected chi connectivity index (χ3v) is 4.75. The number of amides is 1. The van der Waals surface area contributed by atoms with Gasteiger partial charge in [0.2, 0.25) is 0 Å². The molecule has 0 spiro atoms. The van der Waals surface area contributed by atoms with Gasteiger partial charge in [-0.3, -0.25) is 9.71 Å². The first kappa shape index (κ1) is 20.8. The Kier molecular flexibility index (Phi) is 7.67. The van der Waals surface area contributed by atoms with E-state index in [1.165, 1.54) is 24.5 Å². The molecule has 0 radical (unpaired) electrons. The summed E-state index contributed by atoms with van der Waals surface area (Å²) in [5, 5.41) is 10.7. The highest BCUT2D eigenvalue weighted by atomic mass is 79.9. The molecular weight excluding hydrogens is 442 g/mol. The topological polar surface area (TPSA) is 127 Å². The van der Waals surface area contributed by atoms with Crippen LogP contribution in [0, 0.1) is 0 Å². The number of anilines is 1.